The summed E-state index contributed by atoms with van der Waals surface area (Å²) in [6.45, 7) is 4.04. The van der Waals surface area contributed by atoms with E-state index in [2.05, 4.69) is 5.32 Å². The smallest absolute Gasteiger partial charge is 0.228 e. The van der Waals surface area contributed by atoms with Crippen LogP contribution >= 0.6 is 0 Å². The van der Waals surface area contributed by atoms with Gasteiger partial charge in [-0.05, 0) is 65.8 Å². The van der Waals surface area contributed by atoms with Crippen molar-refractivity contribution in [1.82, 2.24) is 0 Å². The molecule has 1 N–H and O–H groups in total. The first kappa shape index (κ1) is 29.0. The molecule has 1 aliphatic heterocycles. The SMILES string of the molecule is COc1ccc([C@H]2CC(=O)C3=C(C2)Nc2ccccc2N(C(=O)CC(C)C)[C@@H]3c2cc(OC)c(OC)c(OC)c2)cc1. The molecule has 2 aliphatic rings. The summed E-state index contributed by atoms with van der Waals surface area (Å²) in [6.07, 6.45) is 1.24. The van der Waals surface area contributed by atoms with Gasteiger partial charge in [-0.25, -0.2) is 0 Å². The third-order valence-corrected chi connectivity index (χ3v) is 7.93. The molecule has 0 fully saturated rings. The molecule has 1 aliphatic carbocycles. The van der Waals surface area contributed by atoms with Crippen LogP contribution < -0.4 is 29.2 Å². The third kappa shape index (κ3) is 5.41. The summed E-state index contributed by atoms with van der Waals surface area (Å²) in [5.41, 5.74) is 4.63. The van der Waals surface area contributed by atoms with E-state index in [9.17, 15) is 9.59 Å². The fourth-order valence-corrected chi connectivity index (χ4v) is 6.00. The predicted molar refractivity (Wildman–Crippen MR) is 163 cm³/mol. The first-order chi connectivity index (χ1) is 20.3. The number of hydrogen-bond donors (Lipinski definition) is 1. The molecule has 0 unspecified atom stereocenters. The van der Waals surface area contributed by atoms with Crippen molar-refractivity contribution in [3.63, 3.8) is 0 Å². The Morgan fingerprint density at radius 3 is 2.14 bits per heavy atom. The average molecular weight is 571 g/mol. The molecular formula is C34H38N2O6. The molecule has 42 heavy (non-hydrogen) atoms. The molecule has 3 aromatic carbocycles. The van der Waals surface area contributed by atoms with Crippen LogP contribution in [0.2, 0.25) is 0 Å². The van der Waals surface area contributed by atoms with Crippen molar-refractivity contribution in [2.75, 3.05) is 38.7 Å². The Morgan fingerprint density at radius 1 is 0.881 bits per heavy atom. The maximum atomic E-state index is 14.3. The van der Waals surface area contributed by atoms with Gasteiger partial charge in [0.05, 0.1) is 45.9 Å². The molecule has 2 atom stereocenters. The monoisotopic (exact) mass is 570 g/mol. The van der Waals surface area contributed by atoms with Gasteiger partial charge in [-0.2, -0.15) is 0 Å². The topological polar surface area (TPSA) is 86.3 Å². The minimum Gasteiger partial charge on any atom is -0.497 e. The third-order valence-electron chi connectivity index (χ3n) is 7.93. The standard InChI is InChI=1S/C34H38N2O6/c1-20(2)15-31(38)36-27-10-8-7-9-25(27)35-26-16-22(21-11-13-24(39-3)14-12-21)17-28(37)32(26)33(36)23-18-29(40-4)34(42-6)30(19-23)41-5/h7-14,18-20,22,33,35H,15-17H2,1-6H3/t22-,33-/m1/s1. The maximum Gasteiger partial charge on any atom is 0.228 e. The van der Waals surface area contributed by atoms with Gasteiger partial charge < -0.3 is 24.3 Å². The van der Waals surface area contributed by atoms with E-state index in [0.717, 1.165) is 22.7 Å². The molecular weight excluding hydrogens is 532 g/mol. The minimum atomic E-state index is -0.708. The number of carbonyl (C=O) groups is 2. The fourth-order valence-electron chi connectivity index (χ4n) is 6.00. The van der Waals surface area contributed by atoms with E-state index in [4.69, 9.17) is 18.9 Å². The van der Waals surface area contributed by atoms with Crippen LogP contribution in [0.15, 0.2) is 71.9 Å². The highest BCUT2D eigenvalue weighted by Gasteiger charge is 2.42. The Balaban J connectivity index is 1.74. The van der Waals surface area contributed by atoms with Crippen molar-refractivity contribution in [2.24, 2.45) is 5.92 Å². The minimum absolute atomic E-state index is 0.0153. The van der Waals surface area contributed by atoms with Gasteiger partial charge >= 0.3 is 0 Å². The normalized spacial score (nSPS) is 18.1. The van der Waals surface area contributed by atoms with Crippen molar-refractivity contribution in [3.8, 4) is 23.0 Å². The van der Waals surface area contributed by atoms with Gasteiger partial charge in [-0.3, -0.25) is 14.5 Å². The molecule has 0 spiro atoms. The number of hydrogen-bond acceptors (Lipinski definition) is 7. The maximum absolute atomic E-state index is 14.3. The summed E-state index contributed by atoms with van der Waals surface area (Å²) in [7, 11) is 6.30. The van der Waals surface area contributed by atoms with E-state index < -0.39 is 6.04 Å². The Bertz CT molecular complexity index is 1490. The van der Waals surface area contributed by atoms with E-state index >= 15 is 0 Å². The molecule has 0 bridgehead atoms. The van der Waals surface area contributed by atoms with Gasteiger partial charge in [0.15, 0.2) is 17.3 Å². The van der Waals surface area contributed by atoms with Gasteiger partial charge in [-0.15, -0.1) is 0 Å². The zero-order valence-electron chi connectivity index (χ0n) is 25.0. The number of methoxy groups -OCH3 is 4. The Hall–Kier alpha value is -4.46. The average Bonchev–Trinajstić information content (AvgIpc) is 3.14. The van der Waals surface area contributed by atoms with E-state index in [1.54, 1.807) is 33.3 Å². The second-order valence-corrected chi connectivity index (χ2v) is 11.1. The van der Waals surface area contributed by atoms with Crippen LogP contribution in [0.5, 0.6) is 23.0 Å². The molecule has 0 radical (unpaired) electrons. The summed E-state index contributed by atoms with van der Waals surface area (Å²) in [4.78, 5) is 30.2. The number of rotatable bonds is 8. The van der Waals surface area contributed by atoms with Crippen molar-refractivity contribution in [2.45, 2.75) is 45.1 Å². The predicted octanol–water partition coefficient (Wildman–Crippen LogP) is 6.67. The molecule has 0 aromatic heterocycles. The van der Waals surface area contributed by atoms with E-state index in [1.165, 1.54) is 0 Å². The van der Waals surface area contributed by atoms with Crippen LogP contribution in [0, 0.1) is 5.92 Å². The van der Waals surface area contributed by atoms with Gasteiger partial charge in [0.1, 0.15) is 5.75 Å². The number of benzene rings is 3. The number of nitrogens with zero attached hydrogens (tertiary/aromatic N) is 1. The summed E-state index contributed by atoms with van der Waals surface area (Å²) in [5, 5.41) is 3.58. The van der Waals surface area contributed by atoms with Gasteiger partial charge in [0, 0.05) is 24.1 Å². The number of para-hydroxylation sites is 2. The quantitative estimate of drug-likeness (QED) is 0.324. The number of carbonyl (C=O) groups excluding carboxylic acids is 2. The lowest BCUT2D eigenvalue weighted by Gasteiger charge is -2.36. The van der Waals surface area contributed by atoms with E-state index in [1.807, 2.05) is 74.5 Å². The van der Waals surface area contributed by atoms with Crippen LogP contribution in [-0.2, 0) is 9.59 Å². The zero-order chi connectivity index (χ0) is 30.0. The molecule has 8 heteroatoms. The van der Waals surface area contributed by atoms with Crippen molar-refractivity contribution in [1.29, 1.82) is 0 Å². The molecule has 1 amide bonds. The fraction of sp³-hybridized carbons (Fsp3) is 0.353. The molecule has 3 aromatic rings. The number of anilines is 2. The molecule has 0 saturated carbocycles. The Labute approximate surface area is 247 Å². The van der Waals surface area contributed by atoms with E-state index in [0.29, 0.717) is 53.3 Å². The molecule has 0 saturated heterocycles. The second-order valence-electron chi connectivity index (χ2n) is 11.1. The number of fused-ring (bicyclic) bond motifs is 1. The second kappa shape index (κ2) is 12.2. The van der Waals surface area contributed by atoms with Gasteiger partial charge in [-0.1, -0.05) is 38.1 Å². The largest absolute Gasteiger partial charge is 0.497 e. The summed E-state index contributed by atoms with van der Waals surface area (Å²) < 4.78 is 22.3. The highest BCUT2D eigenvalue weighted by Crippen LogP contribution is 2.50. The van der Waals surface area contributed by atoms with Crippen molar-refractivity contribution in [3.05, 3.63) is 83.1 Å². The lowest BCUT2D eigenvalue weighted by atomic mass is 9.78. The van der Waals surface area contributed by atoms with Gasteiger partial charge in [0.25, 0.3) is 0 Å². The molecule has 220 valence electrons. The lowest BCUT2D eigenvalue weighted by Crippen LogP contribution is -2.39. The highest BCUT2D eigenvalue weighted by atomic mass is 16.5. The number of nitrogens with one attached hydrogen (secondary N) is 1. The van der Waals surface area contributed by atoms with Gasteiger partial charge in [0.2, 0.25) is 11.7 Å². The first-order valence-electron chi connectivity index (χ1n) is 14.2. The Morgan fingerprint density at radius 2 is 1.55 bits per heavy atom. The van der Waals surface area contributed by atoms with Crippen molar-refractivity contribution >= 4 is 23.1 Å². The van der Waals surface area contributed by atoms with Crippen molar-refractivity contribution < 1.29 is 28.5 Å². The van der Waals surface area contributed by atoms with Crippen LogP contribution in [0.4, 0.5) is 11.4 Å². The molecule has 8 nitrogen and oxygen atoms in total. The molecule has 5 rings (SSSR count). The van der Waals surface area contributed by atoms with E-state index in [-0.39, 0.29) is 23.5 Å². The summed E-state index contributed by atoms with van der Waals surface area (Å²) in [6, 6.07) is 18.6. The summed E-state index contributed by atoms with van der Waals surface area (Å²) in [5.74, 6) is 2.13. The zero-order valence-corrected chi connectivity index (χ0v) is 25.0. The first-order valence-corrected chi connectivity index (χ1v) is 14.2. The lowest BCUT2D eigenvalue weighted by molar-refractivity contribution is -0.119. The van der Waals surface area contributed by atoms with Crippen LogP contribution in [0.25, 0.3) is 0 Å². The molecule has 1 heterocycles. The summed E-state index contributed by atoms with van der Waals surface area (Å²) >= 11 is 0. The Kier molecular flexibility index (Phi) is 8.43. The number of ketones is 1. The number of Topliss-reactive ketones (excluding diaryl/α,β-unsaturated/α-hetero) is 1. The van der Waals surface area contributed by atoms with Crippen LogP contribution in [0.1, 0.15) is 56.2 Å². The number of ether oxygens (including phenoxy) is 4. The highest BCUT2D eigenvalue weighted by molar-refractivity contribution is 6.06. The van der Waals surface area contributed by atoms with Crippen LogP contribution in [0.3, 0.4) is 0 Å². The van der Waals surface area contributed by atoms with Crippen LogP contribution in [-0.4, -0.2) is 40.1 Å². The number of allylic oxidation sites excluding steroid dienone is 1. The number of amides is 1.